The predicted octanol–water partition coefficient (Wildman–Crippen LogP) is 4.54. The lowest BCUT2D eigenvalue weighted by molar-refractivity contribution is 0.0554. The van der Waals surface area contributed by atoms with Crippen LogP contribution in [0.15, 0.2) is 54.6 Å². The van der Waals surface area contributed by atoms with Crippen LogP contribution in [0.3, 0.4) is 0 Å². The molecule has 8 heteroatoms. The van der Waals surface area contributed by atoms with Gasteiger partial charge in [0, 0.05) is 5.02 Å². The molecule has 25 heavy (non-hydrogen) atoms. The van der Waals surface area contributed by atoms with E-state index in [9.17, 15) is 9.90 Å². The van der Waals surface area contributed by atoms with Gasteiger partial charge in [0.15, 0.2) is 5.75 Å². The Bertz CT molecular complexity index is 812. The topological polar surface area (TPSA) is 71.0 Å². The Morgan fingerprint density at radius 3 is 2.68 bits per heavy atom. The number of amides is 2. The van der Waals surface area contributed by atoms with Crippen LogP contribution < -0.4 is 5.32 Å². The van der Waals surface area contributed by atoms with Crippen LogP contribution >= 0.6 is 23.2 Å². The molecule has 2 aromatic rings. The van der Waals surface area contributed by atoms with Gasteiger partial charge in [-0.05, 0) is 17.7 Å². The summed E-state index contributed by atoms with van der Waals surface area (Å²) in [6.45, 7) is 0.277. The van der Waals surface area contributed by atoms with Crippen LogP contribution in [-0.2, 0) is 16.0 Å². The zero-order chi connectivity index (χ0) is 17.8. The molecule has 1 heterocycles. The Hall–Kier alpha value is -2.57. The number of hydrogen-bond acceptors (Lipinski definition) is 4. The average Bonchev–Trinajstić information content (AvgIpc) is 3.12. The van der Waals surface area contributed by atoms with Crippen LogP contribution in [-0.4, -0.2) is 22.8 Å². The van der Waals surface area contributed by atoms with Crippen molar-refractivity contribution in [2.75, 3.05) is 12.1 Å². The molecule has 0 bridgehead atoms. The molecule has 0 saturated heterocycles. The third-order valence-corrected chi connectivity index (χ3v) is 3.93. The van der Waals surface area contributed by atoms with Crippen molar-refractivity contribution in [3.8, 4) is 5.75 Å². The number of rotatable bonds is 4. The Labute approximate surface area is 154 Å². The fraction of sp³-hybridized carbons (Fsp3) is 0.118. The monoisotopic (exact) mass is 380 g/mol. The van der Waals surface area contributed by atoms with Gasteiger partial charge in [0.05, 0.1) is 17.3 Å². The largest absolute Gasteiger partial charge is 0.504 e. The summed E-state index contributed by atoms with van der Waals surface area (Å²) in [5, 5.41) is 12.9. The second kappa shape index (κ2) is 7.55. The highest BCUT2D eigenvalue weighted by Crippen LogP contribution is 2.35. The molecule has 0 aromatic heterocycles. The molecule has 0 atom stereocenters. The van der Waals surface area contributed by atoms with Gasteiger partial charge in [0.1, 0.15) is 6.26 Å². The van der Waals surface area contributed by atoms with E-state index in [4.69, 9.17) is 32.7 Å². The maximum Gasteiger partial charge on any atom is 0.329 e. The van der Waals surface area contributed by atoms with Crippen LogP contribution in [0, 0.1) is 0 Å². The number of hydrogen-bond donors (Lipinski definition) is 2. The number of carbonyl (C=O) groups is 1. The van der Waals surface area contributed by atoms with Crippen molar-refractivity contribution in [2.24, 2.45) is 0 Å². The van der Waals surface area contributed by atoms with Gasteiger partial charge in [-0.1, -0.05) is 53.5 Å². The quantitative estimate of drug-likeness (QED) is 0.763. The molecule has 130 valence electrons. The normalized spacial score (nSPS) is 12.8. The third-order valence-electron chi connectivity index (χ3n) is 3.42. The first-order valence-corrected chi connectivity index (χ1v) is 8.05. The van der Waals surface area contributed by atoms with Gasteiger partial charge in [0.25, 0.3) is 0 Å². The van der Waals surface area contributed by atoms with Crippen LogP contribution in [0.25, 0.3) is 0 Å². The molecule has 1 aliphatic rings. The number of benzene rings is 2. The molecule has 0 radical (unpaired) electrons. The number of anilines is 1. The molecular formula is C17H14Cl2N2O4. The third kappa shape index (κ3) is 4.10. The second-order valence-electron chi connectivity index (χ2n) is 5.17. The van der Waals surface area contributed by atoms with Gasteiger partial charge in [-0.2, -0.15) is 0 Å². The lowest BCUT2D eigenvalue weighted by Crippen LogP contribution is -2.34. The number of urea groups is 1. The van der Waals surface area contributed by atoms with E-state index in [2.05, 4.69) is 5.32 Å². The first-order valence-electron chi connectivity index (χ1n) is 7.29. The van der Waals surface area contributed by atoms with Crippen LogP contribution in [0.4, 0.5) is 10.5 Å². The smallest absolute Gasteiger partial charge is 0.329 e. The van der Waals surface area contributed by atoms with Crippen molar-refractivity contribution in [2.45, 2.75) is 6.54 Å². The molecule has 0 spiro atoms. The van der Waals surface area contributed by atoms with E-state index in [0.29, 0.717) is 0 Å². The number of phenolic OH excluding ortho intramolecular Hbond substituents is 1. The summed E-state index contributed by atoms with van der Waals surface area (Å²) >= 11 is 11.8. The first-order chi connectivity index (χ1) is 12.0. The summed E-state index contributed by atoms with van der Waals surface area (Å²) in [6, 6.07) is 11.6. The van der Waals surface area contributed by atoms with Crippen molar-refractivity contribution in [3.05, 3.63) is 70.2 Å². The average molecular weight is 381 g/mol. The van der Waals surface area contributed by atoms with Crippen LogP contribution in [0.1, 0.15) is 5.56 Å². The fourth-order valence-corrected chi connectivity index (χ4v) is 2.73. The molecule has 0 saturated carbocycles. The van der Waals surface area contributed by atoms with Crippen LogP contribution in [0.5, 0.6) is 5.75 Å². The van der Waals surface area contributed by atoms with E-state index >= 15 is 0 Å². The molecule has 2 amide bonds. The Morgan fingerprint density at radius 1 is 1.24 bits per heavy atom. The van der Waals surface area contributed by atoms with Gasteiger partial charge in [-0.15, -0.1) is 0 Å². The minimum atomic E-state index is -0.533. The van der Waals surface area contributed by atoms with Crippen molar-refractivity contribution in [1.29, 1.82) is 0 Å². The lowest BCUT2D eigenvalue weighted by Gasteiger charge is -2.22. The number of nitrogens with one attached hydrogen (secondary N) is 1. The summed E-state index contributed by atoms with van der Waals surface area (Å²) in [5.74, 6) is -0.00869. The summed E-state index contributed by atoms with van der Waals surface area (Å²) in [7, 11) is 0. The standard InChI is InChI=1S/C17H14Cl2N2O4/c18-12-6-13(19)16(22)14(7-12)20-17(23)21(15-9-24-10-25-15)8-11-4-2-1-3-5-11/h1-7,9,22H,8,10H2,(H,20,23). The number of carbonyl (C=O) groups excluding carboxylic acids is 1. The number of ether oxygens (including phenoxy) is 2. The van der Waals surface area contributed by atoms with Gasteiger partial charge in [-0.3, -0.25) is 4.90 Å². The Balaban J connectivity index is 1.84. The molecule has 1 aliphatic heterocycles. The van der Waals surface area contributed by atoms with E-state index in [1.54, 1.807) is 0 Å². The van der Waals surface area contributed by atoms with Crippen molar-refractivity contribution in [3.63, 3.8) is 0 Å². The molecule has 6 nitrogen and oxygen atoms in total. The fourth-order valence-electron chi connectivity index (χ4n) is 2.24. The highest BCUT2D eigenvalue weighted by atomic mass is 35.5. The molecule has 0 fully saturated rings. The summed E-state index contributed by atoms with van der Waals surface area (Å²) in [6.07, 6.45) is 1.35. The minimum absolute atomic E-state index is 0.0299. The number of phenols is 1. The number of halogens is 2. The highest BCUT2D eigenvalue weighted by Gasteiger charge is 2.24. The molecular weight excluding hydrogens is 367 g/mol. The maximum atomic E-state index is 12.7. The van der Waals surface area contributed by atoms with E-state index in [1.807, 2.05) is 30.3 Å². The maximum absolute atomic E-state index is 12.7. The van der Waals surface area contributed by atoms with Crippen LogP contribution in [0.2, 0.25) is 10.0 Å². The molecule has 3 rings (SSSR count). The summed E-state index contributed by atoms with van der Waals surface area (Å²) in [5.41, 5.74) is 0.988. The minimum Gasteiger partial charge on any atom is -0.504 e. The van der Waals surface area contributed by atoms with E-state index in [-0.39, 0.29) is 40.7 Å². The molecule has 2 aromatic carbocycles. The molecule has 2 N–H and O–H groups in total. The van der Waals surface area contributed by atoms with Crippen molar-refractivity contribution < 1.29 is 19.4 Å². The van der Waals surface area contributed by atoms with Gasteiger partial charge < -0.3 is 19.9 Å². The van der Waals surface area contributed by atoms with Crippen molar-refractivity contribution in [1.82, 2.24) is 4.90 Å². The van der Waals surface area contributed by atoms with Gasteiger partial charge in [-0.25, -0.2) is 4.79 Å². The molecule has 0 unspecified atom stereocenters. The van der Waals surface area contributed by atoms with Crippen molar-refractivity contribution >= 4 is 34.9 Å². The van der Waals surface area contributed by atoms with E-state index < -0.39 is 6.03 Å². The second-order valence-corrected chi connectivity index (χ2v) is 6.01. The zero-order valence-corrected chi connectivity index (χ0v) is 14.4. The highest BCUT2D eigenvalue weighted by molar-refractivity contribution is 6.36. The summed E-state index contributed by atoms with van der Waals surface area (Å²) in [4.78, 5) is 14.1. The number of aromatic hydroxyl groups is 1. The lowest BCUT2D eigenvalue weighted by atomic mass is 10.2. The van der Waals surface area contributed by atoms with E-state index in [0.717, 1.165) is 5.56 Å². The SMILES string of the molecule is O=C(Nc1cc(Cl)cc(Cl)c1O)N(Cc1ccccc1)C1=COCO1. The van der Waals surface area contributed by atoms with Gasteiger partial charge >= 0.3 is 6.03 Å². The summed E-state index contributed by atoms with van der Waals surface area (Å²) < 4.78 is 10.4. The Morgan fingerprint density at radius 2 is 2.00 bits per heavy atom. The number of nitrogens with zero attached hydrogens (tertiary/aromatic N) is 1. The molecule has 0 aliphatic carbocycles. The first kappa shape index (κ1) is 17.3. The predicted molar refractivity (Wildman–Crippen MR) is 94.3 cm³/mol. The van der Waals surface area contributed by atoms with E-state index in [1.165, 1.54) is 23.3 Å². The zero-order valence-electron chi connectivity index (χ0n) is 12.9. The Kier molecular flexibility index (Phi) is 5.21. The van der Waals surface area contributed by atoms with Gasteiger partial charge in [0.2, 0.25) is 12.7 Å².